The molecule has 26 heavy (non-hydrogen) atoms. The lowest BCUT2D eigenvalue weighted by atomic mass is 10.2. The van der Waals surface area contributed by atoms with Crippen LogP contribution in [0.2, 0.25) is 0 Å². The first-order valence-electron chi connectivity index (χ1n) is 7.72. The molecule has 3 rings (SSSR count). The minimum Gasteiger partial charge on any atom is -0.467 e. The van der Waals surface area contributed by atoms with Crippen LogP contribution in [0.3, 0.4) is 0 Å². The lowest BCUT2D eigenvalue weighted by Gasteiger charge is -2.11. The highest BCUT2D eigenvalue weighted by Gasteiger charge is 2.18. The summed E-state index contributed by atoms with van der Waals surface area (Å²) in [5.41, 5.74) is 0.934. The molecule has 2 N–H and O–H groups in total. The van der Waals surface area contributed by atoms with Crippen LogP contribution in [0.25, 0.3) is 0 Å². The first kappa shape index (κ1) is 18.0. The second-order valence-electron chi connectivity index (χ2n) is 5.21. The van der Waals surface area contributed by atoms with E-state index in [1.807, 2.05) is 12.1 Å². The van der Waals surface area contributed by atoms with Crippen LogP contribution in [0.4, 0.5) is 10.8 Å². The number of rotatable bonds is 7. The van der Waals surface area contributed by atoms with Crippen LogP contribution in [0, 0.1) is 11.3 Å². The first-order chi connectivity index (χ1) is 12.7. The molecule has 2 aromatic heterocycles. The highest BCUT2D eigenvalue weighted by molar-refractivity contribution is 8.02. The SMILES string of the molecule is C[C@@H](Sc1nnc(NCc2ccco2)s1)C(=O)Nc1ccccc1C#N. The van der Waals surface area contributed by atoms with E-state index in [0.717, 1.165) is 5.76 Å². The summed E-state index contributed by atoms with van der Waals surface area (Å²) < 4.78 is 5.93. The van der Waals surface area contributed by atoms with Gasteiger partial charge in [0, 0.05) is 0 Å². The van der Waals surface area contributed by atoms with Crippen LogP contribution in [0.5, 0.6) is 0 Å². The Balaban J connectivity index is 1.55. The van der Waals surface area contributed by atoms with E-state index >= 15 is 0 Å². The van der Waals surface area contributed by atoms with Gasteiger partial charge in [-0.15, -0.1) is 10.2 Å². The summed E-state index contributed by atoms with van der Waals surface area (Å²) in [7, 11) is 0. The normalized spacial score (nSPS) is 11.5. The molecule has 2 heterocycles. The number of para-hydroxylation sites is 1. The molecule has 7 nitrogen and oxygen atoms in total. The van der Waals surface area contributed by atoms with E-state index in [-0.39, 0.29) is 11.2 Å². The van der Waals surface area contributed by atoms with Gasteiger partial charge in [-0.2, -0.15) is 5.26 Å². The number of benzene rings is 1. The molecule has 1 atom stereocenters. The molecule has 0 spiro atoms. The zero-order chi connectivity index (χ0) is 18.4. The van der Waals surface area contributed by atoms with Gasteiger partial charge in [-0.3, -0.25) is 4.79 Å². The van der Waals surface area contributed by atoms with E-state index in [4.69, 9.17) is 9.68 Å². The van der Waals surface area contributed by atoms with E-state index < -0.39 is 0 Å². The van der Waals surface area contributed by atoms with Crippen LogP contribution in [-0.4, -0.2) is 21.4 Å². The summed E-state index contributed by atoms with van der Waals surface area (Å²) in [6.07, 6.45) is 1.61. The van der Waals surface area contributed by atoms with Crippen LogP contribution >= 0.6 is 23.1 Å². The minimum absolute atomic E-state index is 0.196. The number of hydrogen-bond acceptors (Lipinski definition) is 8. The number of thioether (sulfide) groups is 1. The number of anilines is 2. The van der Waals surface area contributed by atoms with Gasteiger partial charge in [0.05, 0.1) is 29.3 Å². The average Bonchev–Trinajstić information content (AvgIpc) is 3.32. The zero-order valence-corrected chi connectivity index (χ0v) is 15.4. The maximum absolute atomic E-state index is 12.4. The third kappa shape index (κ3) is 4.62. The van der Waals surface area contributed by atoms with Crippen molar-refractivity contribution in [2.75, 3.05) is 10.6 Å². The highest BCUT2D eigenvalue weighted by atomic mass is 32.2. The fourth-order valence-electron chi connectivity index (χ4n) is 2.03. The largest absolute Gasteiger partial charge is 0.467 e. The number of nitrogens with zero attached hydrogens (tertiary/aromatic N) is 3. The Labute approximate surface area is 158 Å². The fourth-order valence-corrected chi connectivity index (χ4v) is 3.93. The van der Waals surface area contributed by atoms with Gasteiger partial charge in [-0.05, 0) is 31.2 Å². The predicted octanol–water partition coefficient (Wildman–Crippen LogP) is 3.73. The van der Waals surface area contributed by atoms with Gasteiger partial charge in [0.2, 0.25) is 11.0 Å². The lowest BCUT2D eigenvalue weighted by Crippen LogP contribution is -2.22. The minimum atomic E-state index is -0.382. The quantitative estimate of drug-likeness (QED) is 0.597. The van der Waals surface area contributed by atoms with Gasteiger partial charge in [0.1, 0.15) is 11.8 Å². The number of hydrogen-bond donors (Lipinski definition) is 2. The smallest absolute Gasteiger partial charge is 0.237 e. The van der Waals surface area contributed by atoms with Gasteiger partial charge in [0.15, 0.2) is 4.34 Å². The van der Waals surface area contributed by atoms with E-state index in [1.54, 1.807) is 37.5 Å². The molecule has 0 radical (unpaired) electrons. The molecule has 0 saturated carbocycles. The van der Waals surface area contributed by atoms with Crippen molar-refractivity contribution in [2.45, 2.75) is 23.1 Å². The van der Waals surface area contributed by atoms with Crippen molar-refractivity contribution in [3.05, 3.63) is 54.0 Å². The van der Waals surface area contributed by atoms with Crippen molar-refractivity contribution in [3.8, 4) is 6.07 Å². The van der Waals surface area contributed by atoms with E-state index in [0.29, 0.717) is 27.3 Å². The predicted molar refractivity (Wildman–Crippen MR) is 101 cm³/mol. The van der Waals surface area contributed by atoms with E-state index in [9.17, 15) is 4.79 Å². The summed E-state index contributed by atoms with van der Waals surface area (Å²) in [5.74, 6) is 0.608. The number of aromatic nitrogens is 2. The van der Waals surface area contributed by atoms with Crippen molar-refractivity contribution in [2.24, 2.45) is 0 Å². The lowest BCUT2D eigenvalue weighted by molar-refractivity contribution is -0.115. The molecule has 0 aliphatic rings. The summed E-state index contributed by atoms with van der Waals surface area (Å²) in [6, 6.07) is 12.6. The highest BCUT2D eigenvalue weighted by Crippen LogP contribution is 2.29. The summed E-state index contributed by atoms with van der Waals surface area (Å²) in [5, 5.41) is 23.4. The molecule has 0 aliphatic heterocycles. The van der Waals surface area contributed by atoms with Crippen molar-refractivity contribution in [1.82, 2.24) is 10.2 Å². The molecule has 0 unspecified atom stereocenters. The van der Waals surface area contributed by atoms with Crippen molar-refractivity contribution >= 4 is 39.8 Å². The second kappa shape index (κ2) is 8.51. The monoisotopic (exact) mass is 385 g/mol. The molecule has 9 heteroatoms. The Morgan fingerprint density at radius 2 is 2.19 bits per heavy atom. The Hall–Kier alpha value is -2.83. The number of carbonyl (C=O) groups is 1. The molecular formula is C17H15N5O2S2. The number of carbonyl (C=O) groups excluding carboxylic acids is 1. The molecule has 0 saturated heterocycles. The zero-order valence-electron chi connectivity index (χ0n) is 13.8. The summed E-state index contributed by atoms with van der Waals surface area (Å²) in [4.78, 5) is 12.4. The number of furan rings is 1. The van der Waals surface area contributed by atoms with E-state index in [2.05, 4.69) is 26.9 Å². The van der Waals surface area contributed by atoms with Crippen LogP contribution in [-0.2, 0) is 11.3 Å². The van der Waals surface area contributed by atoms with Gasteiger partial charge in [-0.25, -0.2) is 0 Å². The van der Waals surface area contributed by atoms with Gasteiger partial charge >= 0.3 is 0 Å². The number of nitrogens with one attached hydrogen (secondary N) is 2. The van der Waals surface area contributed by atoms with Crippen molar-refractivity contribution in [3.63, 3.8) is 0 Å². The number of amides is 1. The third-order valence-corrected chi connectivity index (χ3v) is 5.42. The summed E-state index contributed by atoms with van der Waals surface area (Å²) in [6.45, 7) is 2.31. The van der Waals surface area contributed by atoms with Crippen LogP contribution in [0.15, 0.2) is 51.4 Å². The molecular weight excluding hydrogens is 370 g/mol. The molecule has 0 bridgehead atoms. The maximum Gasteiger partial charge on any atom is 0.237 e. The second-order valence-corrected chi connectivity index (χ2v) is 7.78. The fraction of sp³-hybridized carbons (Fsp3) is 0.176. The Morgan fingerprint density at radius 3 is 2.96 bits per heavy atom. The standard InChI is InChI=1S/C17H15N5O2S2/c1-11(15(23)20-14-7-3-2-5-12(14)9-18)25-17-22-21-16(26-17)19-10-13-6-4-8-24-13/h2-8,11H,10H2,1H3,(H,19,21)(H,20,23)/t11-/m1/s1. The van der Waals surface area contributed by atoms with Gasteiger partial charge in [0.25, 0.3) is 0 Å². The Kier molecular flexibility index (Phi) is 5.88. The average molecular weight is 385 g/mol. The third-order valence-electron chi connectivity index (χ3n) is 3.35. The van der Waals surface area contributed by atoms with Gasteiger partial charge in [-0.1, -0.05) is 35.2 Å². The molecule has 3 aromatic rings. The van der Waals surface area contributed by atoms with Gasteiger partial charge < -0.3 is 15.1 Å². The Morgan fingerprint density at radius 1 is 1.35 bits per heavy atom. The van der Waals surface area contributed by atoms with Crippen LogP contribution in [0.1, 0.15) is 18.2 Å². The first-order valence-corrected chi connectivity index (χ1v) is 9.41. The molecule has 1 aromatic carbocycles. The van der Waals surface area contributed by atoms with Crippen molar-refractivity contribution in [1.29, 1.82) is 5.26 Å². The summed E-state index contributed by atoms with van der Waals surface area (Å²) >= 11 is 2.69. The maximum atomic E-state index is 12.4. The number of nitriles is 1. The molecule has 132 valence electrons. The topological polar surface area (TPSA) is 104 Å². The van der Waals surface area contributed by atoms with Crippen molar-refractivity contribution < 1.29 is 9.21 Å². The van der Waals surface area contributed by atoms with Crippen LogP contribution < -0.4 is 10.6 Å². The molecule has 0 fully saturated rings. The van der Waals surface area contributed by atoms with E-state index in [1.165, 1.54) is 23.1 Å². The Bertz CT molecular complexity index is 917. The molecule has 1 amide bonds. The molecule has 0 aliphatic carbocycles.